The van der Waals surface area contributed by atoms with Crippen LogP contribution in [0.25, 0.3) is 0 Å². The van der Waals surface area contributed by atoms with Crippen LogP contribution in [0, 0.1) is 20.8 Å². The zero-order valence-corrected chi connectivity index (χ0v) is 11.4. The monoisotopic (exact) mass is 254 g/mol. The Bertz CT molecular complexity index is 633. The molecule has 0 aliphatic heterocycles. The summed E-state index contributed by atoms with van der Waals surface area (Å²) < 4.78 is 0. The van der Waals surface area contributed by atoms with Gasteiger partial charge in [0.25, 0.3) is 5.91 Å². The van der Waals surface area contributed by atoms with Gasteiger partial charge >= 0.3 is 0 Å². The molecule has 2 aromatic rings. The first-order chi connectivity index (χ1) is 8.97. The van der Waals surface area contributed by atoms with E-state index in [0.29, 0.717) is 11.3 Å². The number of aryl methyl sites for hydroxylation is 3. The van der Waals surface area contributed by atoms with E-state index in [9.17, 15) is 4.79 Å². The van der Waals surface area contributed by atoms with E-state index in [1.165, 1.54) is 5.56 Å². The van der Waals surface area contributed by atoms with Gasteiger partial charge in [0.1, 0.15) is 0 Å². The van der Waals surface area contributed by atoms with Gasteiger partial charge in [0.2, 0.25) is 0 Å². The van der Waals surface area contributed by atoms with Crippen LogP contribution in [0.4, 0.5) is 11.4 Å². The van der Waals surface area contributed by atoms with Crippen LogP contribution in [-0.4, -0.2) is 5.91 Å². The van der Waals surface area contributed by atoms with E-state index in [1.54, 1.807) is 12.1 Å². The highest BCUT2D eigenvalue weighted by Gasteiger charge is 2.10. The molecule has 0 atom stereocenters. The number of nitrogens with two attached hydrogens (primary N) is 1. The van der Waals surface area contributed by atoms with E-state index in [-0.39, 0.29) is 5.91 Å². The molecule has 0 heterocycles. The molecular formula is C16H18N2O. The molecule has 0 aromatic heterocycles. The predicted molar refractivity (Wildman–Crippen MR) is 79.5 cm³/mol. The van der Waals surface area contributed by atoms with Crippen molar-refractivity contribution in [2.75, 3.05) is 11.1 Å². The molecular weight excluding hydrogens is 236 g/mol. The summed E-state index contributed by atoms with van der Waals surface area (Å²) in [6.07, 6.45) is 0. The minimum Gasteiger partial charge on any atom is -0.399 e. The molecule has 0 fully saturated rings. The van der Waals surface area contributed by atoms with Gasteiger partial charge in [-0.15, -0.1) is 0 Å². The molecule has 0 bridgehead atoms. The average Bonchev–Trinajstić information content (AvgIpc) is 2.35. The molecule has 0 saturated heterocycles. The largest absolute Gasteiger partial charge is 0.399 e. The number of nitrogen functional groups attached to an aromatic ring is 1. The molecule has 0 saturated carbocycles. The smallest absolute Gasteiger partial charge is 0.256 e. The Hall–Kier alpha value is -2.29. The molecule has 98 valence electrons. The fourth-order valence-electron chi connectivity index (χ4n) is 2.03. The van der Waals surface area contributed by atoms with Gasteiger partial charge < -0.3 is 11.1 Å². The Morgan fingerprint density at radius 3 is 2.42 bits per heavy atom. The van der Waals surface area contributed by atoms with Crippen molar-refractivity contribution in [3.8, 4) is 0 Å². The van der Waals surface area contributed by atoms with E-state index < -0.39 is 0 Å². The highest BCUT2D eigenvalue weighted by atomic mass is 16.1. The van der Waals surface area contributed by atoms with Crippen molar-refractivity contribution < 1.29 is 4.79 Å². The third-order valence-corrected chi connectivity index (χ3v) is 3.14. The number of rotatable bonds is 2. The first-order valence-electron chi connectivity index (χ1n) is 6.22. The number of benzene rings is 2. The van der Waals surface area contributed by atoms with Crippen LogP contribution >= 0.6 is 0 Å². The van der Waals surface area contributed by atoms with Gasteiger partial charge in [-0.05, 0) is 50.1 Å². The third kappa shape index (κ3) is 2.94. The van der Waals surface area contributed by atoms with Crippen LogP contribution in [0.3, 0.4) is 0 Å². The highest BCUT2D eigenvalue weighted by molar-refractivity contribution is 6.06. The van der Waals surface area contributed by atoms with E-state index in [4.69, 9.17) is 5.73 Å². The Morgan fingerprint density at radius 2 is 1.74 bits per heavy atom. The lowest BCUT2D eigenvalue weighted by Crippen LogP contribution is -2.14. The topological polar surface area (TPSA) is 55.1 Å². The van der Waals surface area contributed by atoms with Crippen molar-refractivity contribution in [3.63, 3.8) is 0 Å². The normalized spacial score (nSPS) is 10.3. The van der Waals surface area contributed by atoms with Crippen molar-refractivity contribution in [2.45, 2.75) is 20.8 Å². The summed E-state index contributed by atoms with van der Waals surface area (Å²) in [5, 5.41) is 2.93. The Kier molecular flexibility index (Phi) is 3.56. The zero-order chi connectivity index (χ0) is 14.0. The molecule has 3 N–H and O–H groups in total. The summed E-state index contributed by atoms with van der Waals surface area (Å²) in [5.74, 6) is -0.128. The van der Waals surface area contributed by atoms with E-state index in [0.717, 1.165) is 16.8 Å². The predicted octanol–water partition coefficient (Wildman–Crippen LogP) is 3.45. The van der Waals surface area contributed by atoms with Gasteiger partial charge in [-0.3, -0.25) is 4.79 Å². The fourth-order valence-corrected chi connectivity index (χ4v) is 2.03. The second kappa shape index (κ2) is 5.14. The number of hydrogen-bond donors (Lipinski definition) is 2. The molecule has 2 aromatic carbocycles. The highest BCUT2D eigenvalue weighted by Crippen LogP contribution is 2.19. The van der Waals surface area contributed by atoms with Crippen molar-refractivity contribution in [2.24, 2.45) is 0 Å². The van der Waals surface area contributed by atoms with E-state index in [2.05, 4.69) is 5.32 Å². The van der Waals surface area contributed by atoms with Crippen molar-refractivity contribution in [3.05, 3.63) is 58.7 Å². The maximum absolute atomic E-state index is 12.3. The number of anilines is 2. The molecule has 0 radical (unpaired) electrons. The van der Waals surface area contributed by atoms with Crippen molar-refractivity contribution in [1.82, 2.24) is 0 Å². The van der Waals surface area contributed by atoms with Crippen LogP contribution in [0.1, 0.15) is 27.0 Å². The van der Waals surface area contributed by atoms with E-state index >= 15 is 0 Å². The number of carbonyl (C=O) groups excluding carboxylic acids is 1. The van der Waals surface area contributed by atoms with Gasteiger partial charge in [0.15, 0.2) is 0 Å². The maximum Gasteiger partial charge on any atom is 0.256 e. The SMILES string of the molecule is Cc1ccc(NC(=O)c2cc(N)ccc2C)c(C)c1. The van der Waals surface area contributed by atoms with Crippen LogP contribution < -0.4 is 11.1 Å². The molecule has 0 unspecified atom stereocenters. The molecule has 0 aliphatic carbocycles. The molecule has 3 nitrogen and oxygen atoms in total. The van der Waals surface area contributed by atoms with Crippen LogP contribution in [0.2, 0.25) is 0 Å². The molecule has 0 spiro atoms. The molecule has 1 amide bonds. The Morgan fingerprint density at radius 1 is 1.00 bits per heavy atom. The number of hydrogen-bond acceptors (Lipinski definition) is 2. The molecule has 0 aliphatic rings. The van der Waals surface area contributed by atoms with Gasteiger partial charge in [-0.2, -0.15) is 0 Å². The lowest BCUT2D eigenvalue weighted by molar-refractivity contribution is 0.102. The van der Waals surface area contributed by atoms with Crippen molar-refractivity contribution >= 4 is 17.3 Å². The summed E-state index contributed by atoms with van der Waals surface area (Å²) in [6, 6.07) is 11.3. The first-order valence-corrected chi connectivity index (χ1v) is 6.22. The Labute approximate surface area is 113 Å². The molecule has 19 heavy (non-hydrogen) atoms. The summed E-state index contributed by atoms with van der Waals surface area (Å²) in [7, 11) is 0. The average molecular weight is 254 g/mol. The minimum atomic E-state index is -0.128. The van der Waals surface area contributed by atoms with Crippen LogP contribution in [0.15, 0.2) is 36.4 Å². The quantitative estimate of drug-likeness (QED) is 0.806. The van der Waals surface area contributed by atoms with Gasteiger partial charge in [0.05, 0.1) is 0 Å². The summed E-state index contributed by atoms with van der Waals surface area (Å²) in [4.78, 5) is 12.3. The minimum absolute atomic E-state index is 0.128. The summed E-state index contributed by atoms with van der Waals surface area (Å²) >= 11 is 0. The third-order valence-electron chi connectivity index (χ3n) is 3.14. The lowest BCUT2D eigenvalue weighted by Gasteiger charge is -2.11. The van der Waals surface area contributed by atoms with Gasteiger partial charge in [0, 0.05) is 16.9 Å². The molecule has 2 rings (SSSR count). The van der Waals surface area contributed by atoms with Gasteiger partial charge in [-0.25, -0.2) is 0 Å². The zero-order valence-electron chi connectivity index (χ0n) is 11.4. The molecule has 3 heteroatoms. The standard InChI is InChI=1S/C16H18N2O/c1-10-4-7-15(12(3)8-10)18-16(19)14-9-13(17)6-5-11(14)2/h4-9H,17H2,1-3H3,(H,18,19). The lowest BCUT2D eigenvalue weighted by atomic mass is 10.1. The summed E-state index contributed by atoms with van der Waals surface area (Å²) in [6.45, 7) is 5.91. The van der Waals surface area contributed by atoms with Gasteiger partial charge in [-0.1, -0.05) is 23.8 Å². The van der Waals surface area contributed by atoms with Crippen LogP contribution in [-0.2, 0) is 0 Å². The Balaban J connectivity index is 2.28. The summed E-state index contributed by atoms with van der Waals surface area (Å²) in [5.41, 5.74) is 10.9. The van der Waals surface area contributed by atoms with E-state index in [1.807, 2.05) is 45.0 Å². The van der Waals surface area contributed by atoms with Crippen molar-refractivity contribution in [1.29, 1.82) is 0 Å². The fraction of sp³-hybridized carbons (Fsp3) is 0.188. The van der Waals surface area contributed by atoms with Crippen LogP contribution in [0.5, 0.6) is 0 Å². The number of amides is 1. The number of carbonyl (C=O) groups is 1. The second-order valence-electron chi connectivity index (χ2n) is 4.85. The second-order valence-corrected chi connectivity index (χ2v) is 4.85. The number of nitrogens with one attached hydrogen (secondary N) is 1. The maximum atomic E-state index is 12.3. The first kappa shape index (κ1) is 13.1.